The molecule has 2 N–H and O–H groups in total. The van der Waals surface area contributed by atoms with E-state index in [-0.39, 0.29) is 13.5 Å². The third kappa shape index (κ3) is 3.59. The van der Waals surface area contributed by atoms with Gasteiger partial charge in [0.2, 0.25) is 0 Å². The summed E-state index contributed by atoms with van der Waals surface area (Å²) < 4.78 is 0. The lowest BCUT2D eigenvalue weighted by atomic mass is 9.84. The average molecular weight is 356 g/mol. The molecule has 1 saturated heterocycles. The van der Waals surface area contributed by atoms with Crippen LogP contribution in [0.5, 0.6) is 0 Å². The number of carbonyl (C=O) groups excluding carboxylic acids is 1. The van der Waals surface area contributed by atoms with E-state index in [1.807, 2.05) is 6.07 Å². The van der Waals surface area contributed by atoms with Crippen molar-refractivity contribution < 1.29 is 10.0 Å². The lowest BCUT2D eigenvalue weighted by Crippen LogP contribution is -2.27. The molecule has 1 amide bonds. The molecule has 25 heavy (non-hydrogen) atoms. The number of nitrogens with one attached hydrogen (secondary N) is 1. The van der Waals surface area contributed by atoms with Gasteiger partial charge in [0.05, 0.1) is 0 Å². The summed E-state index contributed by atoms with van der Waals surface area (Å²) in [5.74, 6) is -0.434. The minimum atomic E-state index is -0.434. The standard InChI is InChI=1S/C20H22N2O2.H2S/c23-19(21-24)16-6-7-17-11-20(12-18(17)10-16)8-9-22(14-20)13-15-4-2-1-3-5-15;/h1-7,10,24H,8-9,11-14H2,(H,21,23);1H2/t20-;/m0./s1. The van der Waals surface area contributed by atoms with E-state index in [1.54, 1.807) is 11.5 Å². The third-order valence-electron chi connectivity index (χ3n) is 5.47. The first-order valence-electron chi connectivity index (χ1n) is 8.50. The first-order valence-corrected chi connectivity index (χ1v) is 8.50. The molecule has 2 aromatic carbocycles. The van der Waals surface area contributed by atoms with Gasteiger partial charge >= 0.3 is 0 Å². The molecule has 132 valence electrons. The maximum Gasteiger partial charge on any atom is 0.274 e. The zero-order valence-corrected chi connectivity index (χ0v) is 15.2. The van der Waals surface area contributed by atoms with E-state index < -0.39 is 5.91 Å². The number of hydrogen-bond donors (Lipinski definition) is 2. The van der Waals surface area contributed by atoms with Crippen molar-refractivity contribution in [2.24, 2.45) is 5.41 Å². The number of carbonyl (C=O) groups is 1. The number of benzene rings is 2. The number of fused-ring (bicyclic) bond motifs is 1. The number of rotatable bonds is 3. The summed E-state index contributed by atoms with van der Waals surface area (Å²) in [7, 11) is 0. The monoisotopic (exact) mass is 356 g/mol. The fraction of sp³-hybridized carbons (Fsp3) is 0.350. The Bertz CT molecular complexity index is 766. The molecule has 1 atom stereocenters. The van der Waals surface area contributed by atoms with Gasteiger partial charge in [-0.05, 0) is 60.0 Å². The predicted octanol–water partition coefficient (Wildman–Crippen LogP) is 2.91. The zero-order valence-electron chi connectivity index (χ0n) is 14.2. The number of hydroxylamine groups is 1. The van der Waals surface area contributed by atoms with Gasteiger partial charge < -0.3 is 0 Å². The molecule has 1 spiro atoms. The van der Waals surface area contributed by atoms with Crippen LogP contribution in [0.2, 0.25) is 0 Å². The Kier molecular flexibility index (Phi) is 5.18. The van der Waals surface area contributed by atoms with Crippen molar-refractivity contribution in [3.8, 4) is 0 Å². The highest BCUT2D eigenvalue weighted by atomic mass is 32.1. The van der Waals surface area contributed by atoms with Crippen LogP contribution in [0.25, 0.3) is 0 Å². The first-order chi connectivity index (χ1) is 11.7. The minimum absolute atomic E-state index is 0. The Balaban J connectivity index is 0.00000182. The van der Waals surface area contributed by atoms with Gasteiger partial charge in [-0.2, -0.15) is 13.5 Å². The van der Waals surface area contributed by atoms with Crippen LogP contribution in [0.3, 0.4) is 0 Å². The molecule has 4 rings (SSSR count). The Labute approximate surface area is 155 Å². The number of hydrogen-bond acceptors (Lipinski definition) is 3. The molecule has 0 radical (unpaired) electrons. The van der Waals surface area contributed by atoms with Crippen molar-refractivity contribution in [1.82, 2.24) is 10.4 Å². The zero-order chi connectivity index (χ0) is 16.6. The van der Waals surface area contributed by atoms with Crippen molar-refractivity contribution in [2.75, 3.05) is 13.1 Å². The molecule has 5 heteroatoms. The Morgan fingerprint density at radius 2 is 1.88 bits per heavy atom. The third-order valence-corrected chi connectivity index (χ3v) is 5.47. The van der Waals surface area contributed by atoms with Crippen LogP contribution >= 0.6 is 13.5 Å². The van der Waals surface area contributed by atoms with E-state index >= 15 is 0 Å². The highest BCUT2D eigenvalue weighted by Crippen LogP contribution is 2.44. The molecule has 2 aliphatic rings. The van der Waals surface area contributed by atoms with Gasteiger partial charge in [-0.25, -0.2) is 5.48 Å². The maximum atomic E-state index is 11.6. The summed E-state index contributed by atoms with van der Waals surface area (Å²) in [6, 6.07) is 16.4. The minimum Gasteiger partial charge on any atom is -0.298 e. The molecular weight excluding hydrogens is 332 g/mol. The number of likely N-dealkylation sites (tertiary alicyclic amines) is 1. The molecule has 2 aromatic rings. The molecular formula is C20H24N2O2S. The van der Waals surface area contributed by atoms with E-state index in [2.05, 4.69) is 41.3 Å². The molecule has 4 nitrogen and oxygen atoms in total. The van der Waals surface area contributed by atoms with Crippen LogP contribution in [0, 0.1) is 5.41 Å². The Morgan fingerprint density at radius 3 is 2.64 bits per heavy atom. The Hall–Kier alpha value is -1.82. The second kappa shape index (κ2) is 7.20. The van der Waals surface area contributed by atoms with Crippen LogP contribution in [0.15, 0.2) is 48.5 Å². The predicted molar refractivity (Wildman–Crippen MR) is 102 cm³/mol. The van der Waals surface area contributed by atoms with Crippen molar-refractivity contribution >= 4 is 19.4 Å². The van der Waals surface area contributed by atoms with Gasteiger partial charge in [0.15, 0.2) is 0 Å². The van der Waals surface area contributed by atoms with Crippen LogP contribution in [0.1, 0.15) is 33.5 Å². The second-order valence-electron chi connectivity index (χ2n) is 7.22. The number of nitrogens with zero attached hydrogens (tertiary/aromatic N) is 1. The highest BCUT2D eigenvalue weighted by Gasteiger charge is 2.42. The lowest BCUT2D eigenvalue weighted by molar-refractivity contribution is 0.0706. The van der Waals surface area contributed by atoms with Gasteiger partial charge in [0.25, 0.3) is 5.91 Å². The van der Waals surface area contributed by atoms with E-state index in [0.29, 0.717) is 11.0 Å². The summed E-state index contributed by atoms with van der Waals surface area (Å²) in [5, 5.41) is 8.81. The summed E-state index contributed by atoms with van der Waals surface area (Å²) >= 11 is 0. The van der Waals surface area contributed by atoms with Crippen molar-refractivity contribution in [3.05, 3.63) is 70.8 Å². The largest absolute Gasteiger partial charge is 0.298 e. The van der Waals surface area contributed by atoms with Crippen LogP contribution in [0.4, 0.5) is 0 Å². The molecule has 1 aliphatic heterocycles. The molecule has 0 unspecified atom stereocenters. The lowest BCUT2D eigenvalue weighted by Gasteiger charge is -2.23. The van der Waals surface area contributed by atoms with Crippen molar-refractivity contribution in [1.29, 1.82) is 0 Å². The van der Waals surface area contributed by atoms with Gasteiger partial charge in [-0.1, -0.05) is 36.4 Å². The fourth-order valence-corrected chi connectivity index (χ4v) is 4.33. The smallest absolute Gasteiger partial charge is 0.274 e. The van der Waals surface area contributed by atoms with E-state index in [4.69, 9.17) is 5.21 Å². The molecule has 1 aliphatic carbocycles. The fourth-order valence-electron chi connectivity index (χ4n) is 4.33. The summed E-state index contributed by atoms with van der Waals surface area (Å²) in [5.41, 5.74) is 6.55. The van der Waals surface area contributed by atoms with Crippen LogP contribution in [-0.2, 0) is 19.4 Å². The molecule has 0 saturated carbocycles. The highest BCUT2D eigenvalue weighted by molar-refractivity contribution is 7.59. The van der Waals surface area contributed by atoms with Gasteiger partial charge in [0.1, 0.15) is 0 Å². The molecule has 0 aromatic heterocycles. The van der Waals surface area contributed by atoms with E-state index in [0.717, 1.165) is 32.5 Å². The topological polar surface area (TPSA) is 52.6 Å². The SMILES string of the molecule is O=C(NO)c1ccc2c(c1)C[C@]1(CCN(Cc3ccccc3)C1)C2.S. The van der Waals surface area contributed by atoms with Crippen molar-refractivity contribution in [2.45, 2.75) is 25.8 Å². The number of amides is 1. The molecule has 1 fully saturated rings. The van der Waals surface area contributed by atoms with Gasteiger partial charge in [0, 0.05) is 18.7 Å². The molecule has 1 heterocycles. The average Bonchev–Trinajstić information content (AvgIpc) is 3.16. The maximum absolute atomic E-state index is 11.6. The quantitative estimate of drug-likeness (QED) is 0.657. The summed E-state index contributed by atoms with van der Waals surface area (Å²) in [6.45, 7) is 3.25. The van der Waals surface area contributed by atoms with Crippen molar-refractivity contribution in [3.63, 3.8) is 0 Å². The van der Waals surface area contributed by atoms with Gasteiger partial charge in [-0.15, -0.1) is 0 Å². The van der Waals surface area contributed by atoms with Gasteiger partial charge in [-0.3, -0.25) is 14.9 Å². The summed E-state index contributed by atoms with van der Waals surface area (Å²) in [6.07, 6.45) is 3.32. The van der Waals surface area contributed by atoms with E-state index in [1.165, 1.54) is 23.1 Å². The van der Waals surface area contributed by atoms with Crippen LogP contribution in [-0.4, -0.2) is 29.1 Å². The van der Waals surface area contributed by atoms with Crippen LogP contribution < -0.4 is 5.48 Å². The second-order valence-corrected chi connectivity index (χ2v) is 7.22. The van der Waals surface area contributed by atoms with E-state index in [9.17, 15) is 4.79 Å². The first kappa shape index (κ1) is 18.0. The summed E-state index contributed by atoms with van der Waals surface area (Å²) in [4.78, 5) is 14.2. The molecule has 0 bridgehead atoms. The normalized spacial score (nSPS) is 21.8. The Morgan fingerprint density at radius 1 is 1.12 bits per heavy atom.